The first-order valence-corrected chi connectivity index (χ1v) is 8.62. The Morgan fingerprint density at radius 3 is 2.73 bits per heavy atom. The number of rotatable bonds is 5. The van der Waals surface area contributed by atoms with Crippen LogP contribution in [0.15, 0.2) is 54.7 Å². The van der Waals surface area contributed by atoms with Crippen molar-refractivity contribution in [1.29, 1.82) is 0 Å². The van der Waals surface area contributed by atoms with Crippen molar-refractivity contribution in [3.8, 4) is 0 Å². The van der Waals surface area contributed by atoms with Gasteiger partial charge >= 0.3 is 0 Å². The maximum absolute atomic E-state index is 13.2. The van der Waals surface area contributed by atoms with Crippen LogP contribution in [0.4, 0.5) is 4.39 Å². The Bertz CT molecular complexity index is 847. The van der Waals surface area contributed by atoms with E-state index in [0.29, 0.717) is 13.0 Å². The van der Waals surface area contributed by atoms with Gasteiger partial charge in [-0.05, 0) is 41.3 Å². The molecule has 0 bridgehead atoms. The fourth-order valence-electron chi connectivity index (χ4n) is 3.20. The summed E-state index contributed by atoms with van der Waals surface area (Å²) in [5.41, 5.74) is 2.81. The Morgan fingerprint density at radius 2 is 1.96 bits per heavy atom. The molecule has 0 saturated heterocycles. The lowest BCUT2D eigenvalue weighted by atomic mass is 9.93. The van der Waals surface area contributed by atoms with E-state index in [9.17, 15) is 14.0 Å². The van der Waals surface area contributed by atoms with Crippen LogP contribution in [0.2, 0.25) is 0 Å². The third-order valence-corrected chi connectivity index (χ3v) is 4.47. The molecule has 0 saturated carbocycles. The van der Waals surface area contributed by atoms with Crippen LogP contribution in [0.1, 0.15) is 36.1 Å². The number of hydrogen-bond donors (Lipinski definition) is 1. The lowest BCUT2D eigenvalue weighted by Gasteiger charge is -2.32. The molecule has 0 aliphatic carbocycles. The predicted octanol–water partition coefficient (Wildman–Crippen LogP) is 3.45. The number of carbonyl (C=O) groups is 2. The minimum absolute atomic E-state index is 0.103. The number of nitrogens with one attached hydrogen (secondary N) is 1. The topological polar surface area (TPSA) is 49.4 Å². The van der Waals surface area contributed by atoms with Gasteiger partial charge in [-0.1, -0.05) is 36.4 Å². The van der Waals surface area contributed by atoms with Crippen LogP contribution in [-0.4, -0.2) is 23.3 Å². The quantitative estimate of drug-likeness (QED) is 0.896. The Labute approximate surface area is 152 Å². The first kappa shape index (κ1) is 17.9. The number of fused-ring (bicyclic) bond motifs is 1. The lowest BCUT2D eigenvalue weighted by Crippen LogP contribution is -2.35. The molecule has 2 aromatic carbocycles. The Hall–Kier alpha value is -2.95. The zero-order valence-corrected chi connectivity index (χ0v) is 14.6. The maximum Gasteiger partial charge on any atom is 0.223 e. The average molecular weight is 352 g/mol. The third kappa shape index (κ3) is 4.17. The minimum Gasteiger partial charge on any atom is -0.356 e. The van der Waals surface area contributed by atoms with E-state index in [1.165, 1.54) is 19.1 Å². The predicted molar refractivity (Wildman–Crippen MR) is 98.5 cm³/mol. The number of carbonyl (C=O) groups excluding carboxylic acids is 2. The van der Waals surface area contributed by atoms with Gasteiger partial charge in [0.1, 0.15) is 5.82 Å². The molecular weight excluding hydrogens is 331 g/mol. The summed E-state index contributed by atoms with van der Waals surface area (Å²) < 4.78 is 13.2. The molecule has 1 heterocycles. The second kappa shape index (κ2) is 7.95. The Kier molecular flexibility index (Phi) is 5.46. The van der Waals surface area contributed by atoms with Crippen LogP contribution >= 0.6 is 0 Å². The molecule has 2 aromatic rings. The van der Waals surface area contributed by atoms with Crippen molar-refractivity contribution < 1.29 is 14.0 Å². The molecule has 0 spiro atoms. The molecule has 1 aliphatic heterocycles. The van der Waals surface area contributed by atoms with Gasteiger partial charge in [0, 0.05) is 19.7 Å². The van der Waals surface area contributed by atoms with E-state index in [1.807, 2.05) is 36.4 Å². The number of hydrogen-bond acceptors (Lipinski definition) is 2. The van der Waals surface area contributed by atoms with Crippen molar-refractivity contribution in [2.75, 3.05) is 6.54 Å². The summed E-state index contributed by atoms with van der Waals surface area (Å²) in [7, 11) is 0. The lowest BCUT2D eigenvalue weighted by molar-refractivity contribution is -0.129. The van der Waals surface area contributed by atoms with Crippen LogP contribution in [0.25, 0.3) is 6.08 Å². The molecule has 26 heavy (non-hydrogen) atoms. The molecule has 3 rings (SSSR count). The smallest absolute Gasteiger partial charge is 0.223 e. The van der Waals surface area contributed by atoms with Crippen molar-refractivity contribution in [3.63, 3.8) is 0 Å². The molecule has 134 valence electrons. The standard InChI is InChI=1S/C21H21FN2O2/c1-15(25)24-12-10-17-6-2-3-8-19(17)20(24)14-21(26)23-11-9-16-5-4-7-18(22)13-16/h2-8,10,12-13,20H,9,11,14H2,1H3,(H,23,26). The minimum atomic E-state index is -0.317. The van der Waals surface area contributed by atoms with Gasteiger partial charge < -0.3 is 10.2 Å². The number of amides is 2. The van der Waals surface area contributed by atoms with Gasteiger partial charge in [0.05, 0.1) is 12.5 Å². The van der Waals surface area contributed by atoms with Crippen LogP contribution in [-0.2, 0) is 16.0 Å². The van der Waals surface area contributed by atoms with Gasteiger partial charge in [0.25, 0.3) is 0 Å². The average Bonchev–Trinajstić information content (AvgIpc) is 2.62. The van der Waals surface area contributed by atoms with Gasteiger partial charge in [-0.25, -0.2) is 4.39 Å². The summed E-state index contributed by atoms with van der Waals surface area (Å²) in [6.45, 7) is 1.92. The monoisotopic (exact) mass is 352 g/mol. The fraction of sp³-hybridized carbons (Fsp3) is 0.238. The van der Waals surface area contributed by atoms with Crippen molar-refractivity contribution in [3.05, 3.63) is 77.2 Å². The van der Waals surface area contributed by atoms with E-state index in [1.54, 1.807) is 17.2 Å². The molecular formula is C21H21FN2O2. The molecule has 0 fully saturated rings. The van der Waals surface area contributed by atoms with Crippen molar-refractivity contribution in [1.82, 2.24) is 10.2 Å². The highest BCUT2D eigenvalue weighted by molar-refractivity contribution is 5.81. The third-order valence-electron chi connectivity index (χ3n) is 4.47. The molecule has 1 unspecified atom stereocenters. The summed E-state index contributed by atoms with van der Waals surface area (Å²) in [6, 6.07) is 13.8. The molecule has 0 aromatic heterocycles. The van der Waals surface area contributed by atoms with E-state index < -0.39 is 0 Å². The molecule has 2 amide bonds. The van der Waals surface area contributed by atoms with Gasteiger partial charge in [-0.3, -0.25) is 9.59 Å². The first-order valence-electron chi connectivity index (χ1n) is 8.62. The molecule has 1 N–H and O–H groups in total. The van der Waals surface area contributed by atoms with Gasteiger partial charge in [0.15, 0.2) is 0 Å². The SMILES string of the molecule is CC(=O)N1C=Cc2ccccc2C1CC(=O)NCCc1cccc(F)c1. The summed E-state index contributed by atoms with van der Waals surface area (Å²) in [6.07, 6.45) is 4.36. The highest BCUT2D eigenvalue weighted by Gasteiger charge is 2.27. The zero-order chi connectivity index (χ0) is 18.5. The van der Waals surface area contributed by atoms with Crippen molar-refractivity contribution >= 4 is 17.9 Å². The van der Waals surface area contributed by atoms with Crippen LogP contribution in [0.5, 0.6) is 0 Å². The summed E-state index contributed by atoms with van der Waals surface area (Å²) in [4.78, 5) is 25.9. The maximum atomic E-state index is 13.2. The number of halogens is 1. The van der Waals surface area contributed by atoms with E-state index in [2.05, 4.69) is 5.32 Å². The van der Waals surface area contributed by atoms with Gasteiger partial charge in [0.2, 0.25) is 11.8 Å². The van der Waals surface area contributed by atoms with E-state index in [4.69, 9.17) is 0 Å². The molecule has 1 atom stereocenters. The molecule has 5 heteroatoms. The normalized spacial score (nSPS) is 15.5. The van der Waals surface area contributed by atoms with E-state index in [-0.39, 0.29) is 30.1 Å². The summed E-state index contributed by atoms with van der Waals surface area (Å²) in [5, 5.41) is 2.86. The second-order valence-corrected chi connectivity index (χ2v) is 6.32. The highest BCUT2D eigenvalue weighted by atomic mass is 19.1. The van der Waals surface area contributed by atoms with Gasteiger partial charge in [-0.15, -0.1) is 0 Å². The highest BCUT2D eigenvalue weighted by Crippen LogP contribution is 2.32. The molecule has 0 radical (unpaired) electrons. The number of benzene rings is 2. The molecule has 4 nitrogen and oxygen atoms in total. The first-order chi connectivity index (χ1) is 12.5. The van der Waals surface area contributed by atoms with E-state index in [0.717, 1.165) is 16.7 Å². The summed E-state index contributed by atoms with van der Waals surface area (Å²) in [5.74, 6) is -0.521. The van der Waals surface area contributed by atoms with Crippen molar-refractivity contribution in [2.45, 2.75) is 25.8 Å². The largest absolute Gasteiger partial charge is 0.356 e. The van der Waals surface area contributed by atoms with Crippen LogP contribution < -0.4 is 5.32 Å². The molecule has 1 aliphatic rings. The van der Waals surface area contributed by atoms with Gasteiger partial charge in [-0.2, -0.15) is 0 Å². The Morgan fingerprint density at radius 1 is 1.15 bits per heavy atom. The zero-order valence-electron chi connectivity index (χ0n) is 14.6. The van der Waals surface area contributed by atoms with Crippen LogP contribution in [0, 0.1) is 5.82 Å². The second-order valence-electron chi connectivity index (χ2n) is 6.32. The fourth-order valence-corrected chi connectivity index (χ4v) is 3.20. The van der Waals surface area contributed by atoms with Crippen molar-refractivity contribution in [2.24, 2.45) is 0 Å². The number of nitrogens with zero attached hydrogens (tertiary/aromatic N) is 1. The van der Waals surface area contributed by atoms with Crippen LogP contribution in [0.3, 0.4) is 0 Å². The summed E-state index contributed by atoms with van der Waals surface area (Å²) >= 11 is 0. The Balaban J connectivity index is 1.63. The van der Waals surface area contributed by atoms with E-state index >= 15 is 0 Å².